The summed E-state index contributed by atoms with van der Waals surface area (Å²) >= 11 is 0. The molecule has 0 bridgehead atoms. The summed E-state index contributed by atoms with van der Waals surface area (Å²) in [7, 11) is 0. The van der Waals surface area contributed by atoms with Gasteiger partial charge < -0.3 is 15.4 Å². The Balaban J connectivity index is 1.81. The van der Waals surface area contributed by atoms with Crippen LogP contribution >= 0.6 is 0 Å². The number of nitrogens with one attached hydrogen (secondary N) is 2. The van der Waals surface area contributed by atoms with Crippen molar-refractivity contribution in [3.63, 3.8) is 0 Å². The summed E-state index contributed by atoms with van der Waals surface area (Å²) in [6.07, 6.45) is 3.81. The van der Waals surface area contributed by atoms with Crippen LogP contribution in [0.4, 0.5) is 5.82 Å². The lowest BCUT2D eigenvalue weighted by Crippen LogP contribution is -2.33. The lowest BCUT2D eigenvalue weighted by molar-refractivity contribution is 0.0536. The van der Waals surface area contributed by atoms with Crippen LogP contribution in [0, 0.1) is 5.92 Å². The van der Waals surface area contributed by atoms with Gasteiger partial charge in [0.15, 0.2) is 0 Å². The number of amides is 1. The fraction of sp³-hybridized carbons (Fsp3) is 0.571. The largest absolute Gasteiger partial charge is 0.381 e. The number of anilines is 1. The van der Waals surface area contributed by atoms with Gasteiger partial charge in [-0.3, -0.25) is 4.79 Å². The molecular weight excluding hydrogens is 242 g/mol. The van der Waals surface area contributed by atoms with E-state index in [4.69, 9.17) is 4.74 Å². The van der Waals surface area contributed by atoms with Gasteiger partial charge in [-0.05, 0) is 37.8 Å². The molecule has 1 aromatic rings. The minimum absolute atomic E-state index is 0.0684. The Morgan fingerprint density at radius 2 is 2.42 bits per heavy atom. The zero-order valence-corrected chi connectivity index (χ0v) is 11.3. The van der Waals surface area contributed by atoms with E-state index in [-0.39, 0.29) is 5.91 Å². The molecule has 104 valence electrons. The smallest absolute Gasteiger partial charge is 0.252 e. The number of nitrogens with zero attached hydrogens (tertiary/aromatic N) is 1. The summed E-state index contributed by atoms with van der Waals surface area (Å²) in [5.74, 6) is 1.16. The van der Waals surface area contributed by atoms with Crippen molar-refractivity contribution in [1.29, 1.82) is 0 Å². The standard InChI is InChI=1S/C14H21N3O2/c1-2-15-13-6-5-12(9-16-13)14(18)17-8-11-4-3-7-19-10-11/h5-6,9,11H,2-4,7-8,10H2,1H3,(H,15,16)(H,17,18). The predicted molar refractivity (Wildman–Crippen MR) is 74.3 cm³/mol. The number of carbonyl (C=O) groups excluding carboxylic acids is 1. The molecule has 1 aromatic heterocycles. The zero-order valence-electron chi connectivity index (χ0n) is 11.3. The van der Waals surface area contributed by atoms with Crippen molar-refractivity contribution in [2.24, 2.45) is 5.92 Å². The molecule has 5 heteroatoms. The minimum Gasteiger partial charge on any atom is -0.381 e. The highest BCUT2D eigenvalue weighted by molar-refractivity contribution is 5.94. The second kappa shape index (κ2) is 7.09. The minimum atomic E-state index is -0.0684. The molecule has 2 rings (SSSR count). The molecule has 0 saturated carbocycles. The number of aromatic nitrogens is 1. The Hall–Kier alpha value is -1.62. The highest BCUT2D eigenvalue weighted by Gasteiger charge is 2.15. The molecule has 2 heterocycles. The van der Waals surface area contributed by atoms with Gasteiger partial charge in [0.25, 0.3) is 5.91 Å². The number of carbonyl (C=O) groups is 1. The van der Waals surface area contributed by atoms with Gasteiger partial charge in [0, 0.05) is 25.9 Å². The molecule has 1 saturated heterocycles. The Labute approximate surface area is 113 Å². The molecule has 0 aromatic carbocycles. The van der Waals surface area contributed by atoms with Gasteiger partial charge in [0.2, 0.25) is 0 Å². The second-order valence-corrected chi connectivity index (χ2v) is 4.76. The molecule has 1 amide bonds. The lowest BCUT2D eigenvalue weighted by atomic mass is 10.0. The maximum atomic E-state index is 11.9. The molecule has 0 radical (unpaired) electrons. The molecule has 0 aliphatic carbocycles. The number of hydrogen-bond donors (Lipinski definition) is 2. The third-order valence-corrected chi connectivity index (χ3v) is 3.19. The van der Waals surface area contributed by atoms with E-state index in [1.54, 1.807) is 12.3 Å². The van der Waals surface area contributed by atoms with Crippen molar-refractivity contribution >= 4 is 11.7 Å². The Bertz CT molecular complexity index is 400. The van der Waals surface area contributed by atoms with E-state index in [1.165, 1.54) is 0 Å². The predicted octanol–water partition coefficient (Wildman–Crippen LogP) is 1.67. The third kappa shape index (κ3) is 4.21. The number of rotatable bonds is 5. The van der Waals surface area contributed by atoms with Crippen LogP contribution in [0.3, 0.4) is 0 Å². The summed E-state index contributed by atoms with van der Waals surface area (Å²) in [5.41, 5.74) is 0.596. The monoisotopic (exact) mass is 263 g/mol. The van der Waals surface area contributed by atoms with Crippen molar-refractivity contribution in [3.8, 4) is 0 Å². The van der Waals surface area contributed by atoms with Gasteiger partial charge in [-0.1, -0.05) is 0 Å². The van der Waals surface area contributed by atoms with Gasteiger partial charge in [-0.25, -0.2) is 4.98 Å². The first-order chi connectivity index (χ1) is 9.29. The van der Waals surface area contributed by atoms with Gasteiger partial charge >= 0.3 is 0 Å². The first kappa shape index (κ1) is 13.8. The van der Waals surface area contributed by atoms with Crippen LogP contribution < -0.4 is 10.6 Å². The van der Waals surface area contributed by atoms with Crippen molar-refractivity contribution < 1.29 is 9.53 Å². The molecule has 1 atom stereocenters. The van der Waals surface area contributed by atoms with Gasteiger partial charge in [-0.15, -0.1) is 0 Å². The quantitative estimate of drug-likeness (QED) is 0.848. The average molecular weight is 263 g/mol. The van der Waals surface area contributed by atoms with Gasteiger partial charge in [0.05, 0.1) is 12.2 Å². The first-order valence-corrected chi connectivity index (χ1v) is 6.85. The number of pyridine rings is 1. The van der Waals surface area contributed by atoms with E-state index >= 15 is 0 Å². The van der Waals surface area contributed by atoms with Crippen LogP contribution in [0.1, 0.15) is 30.1 Å². The van der Waals surface area contributed by atoms with E-state index < -0.39 is 0 Å². The molecule has 5 nitrogen and oxygen atoms in total. The average Bonchev–Trinajstić information content (AvgIpc) is 2.47. The third-order valence-electron chi connectivity index (χ3n) is 3.19. The molecule has 19 heavy (non-hydrogen) atoms. The molecule has 1 aliphatic rings. The maximum Gasteiger partial charge on any atom is 0.252 e. The topological polar surface area (TPSA) is 63.2 Å². The lowest BCUT2D eigenvalue weighted by Gasteiger charge is -2.22. The van der Waals surface area contributed by atoms with Crippen molar-refractivity contribution in [2.75, 3.05) is 31.6 Å². The summed E-state index contributed by atoms with van der Waals surface area (Å²) in [5, 5.41) is 6.04. The van der Waals surface area contributed by atoms with Crippen molar-refractivity contribution in [3.05, 3.63) is 23.9 Å². The van der Waals surface area contributed by atoms with Crippen LogP contribution in [0.25, 0.3) is 0 Å². The summed E-state index contributed by atoms with van der Waals surface area (Å²) in [6.45, 7) is 5.10. The molecular formula is C14H21N3O2. The SMILES string of the molecule is CCNc1ccc(C(=O)NCC2CCCOC2)cn1. The maximum absolute atomic E-state index is 11.9. The second-order valence-electron chi connectivity index (χ2n) is 4.76. The summed E-state index contributed by atoms with van der Waals surface area (Å²) in [4.78, 5) is 16.1. The van der Waals surface area contributed by atoms with Crippen molar-refractivity contribution in [1.82, 2.24) is 10.3 Å². The molecule has 1 aliphatic heterocycles. The number of hydrogen-bond acceptors (Lipinski definition) is 4. The van der Waals surface area contributed by atoms with Crippen LogP contribution in [-0.2, 0) is 4.74 Å². The van der Waals surface area contributed by atoms with Crippen LogP contribution in [0.2, 0.25) is 0 Å². The fourth-order valence-corrected chi connectivity index (χ4v) is 2.12. The molecule has 1 unspecified atom stereocenters. The van der Waals surface area contributed by atoms with Crippen LogP contribution in [-0.4, -0.2) is 37.2 Å². The van der Waals surface area contributed by atoms with E-state index in [0.717, 1.165) is 38.4 Å². The summed E-state index contributed by atoms with van der Waals surface area (Å²) in [6, 6.07) is 3.61. The molecule has 0 spiro atoms. The van der Waals surface area contributed by atoms with Crippen LogP contribution in [0.5, 0.6) is 0 Å². The highest BCUT2D eigenvalue weighted by Crippen LogP contribution is 2.12. The van der Waals surface area contributed by atoms with Crippen LogP contribution in [0.15, 0.2) is 18.3 Å². The Kier molecular flexibility index (Phi) is 5.15. The van der Waals surface area contributed by atoms with E-state index in [1.807, 2.05) is 13.0 Å². The van der Waals surface area contributed by atoms with E-state index in [9.17, 15) is 4.79 Å². The first-order valence-electron chi connectivity index (χ1n) is 6.85. The fourth-order valence-electron chi connectivity index (χ4n) is 2.12. The highest BCUT2D eigenvalue weighted by atomic mass is 16.5. The van der Waals surface area contributed by atoms with E-state index in [0.29, 0.717) is 18.0 Å². The molecule has 2 N–H and O–H groups in total. The normalized spacial score (nSPS) is 18.9. The zero-order chi connectivity index (χ0) is 13.5. The Morgan fingerprint density at radius 3 is 3.05 bits per heavy atom. The Morgan fingerprint density at radius 1 is 1.53 bits per heavy atom. The molecule has 1 fully saturated rings. The van der Waals surface area contributed by atoms with Crippen molar-refractivity contribution in [2.45, 2.75) is 19.8 Å². The van der Waals surface area contributed by atoms with Gasteiger partial charge in [0.1, 0.15) is 5.82 Å². The van der Waals surface area contributed by atoms with E-state index in [2.05, 4.69) is 15.6 Å². The number of ether oxygens (including phenoxy) is 1. The van der Waals surface area contributed by atoms with Gasteiger partial charge in [-0.2, -0.15) is 0 Å². The summed E-state index contributed by atoms with van der Waals surface area (Å²) < 4.78 is 5.39.